The van der Waals surface area contributed by atoms with Crippen molar-refractivity contribution in [2.75, 3.05) is 0 Å². The number of Topliss-reactive ketones (excluding diaryl/α,β-unsaturated/α-hetero) is 1. The molecule has 19 heavy (non-hydrogen) atoms. The Morgan fingerprint density at radius 1 is 1.42 bits per heavy atom. The van der Waals surface area contributed by atoms with Crippen molar-refractivity contribution in [3.63, 3.8) is 0 Å². The summed E-state index contributed by atoms with van der Waals surface area (Å²) in [4.78, 5) is 12.1. The number of hydrogen-bond acceptors (Lipinski definition) is 2. The van der Waals surface area contributed by atoms with Crippen LogP contribution in [0.2, 0.25) is 0 Å². The predicted octanol–water partition coefficient (Wildman–Crippen LogP) is 3.54. The van der Waals surface area contributed by atoms with Crippen LogP contribution in [0.4, 0.5) is 0 Å². The quantitative estimate of drug-likeness (QED) is 0.813. The molecule has 0 aliphatic heterocycles. The smallest absolute Gasteiger partial charge is 0.136 e. The molecule has 1 fully saturated rings. The van der Waals surface area contributed by atoms with E-state index >= 15 is 0 Å². The Morgan fingerprint density at radius 3 is 2.89 bits per heavy atom. The fourth-order valence-corrected chi connectivity index (χ4v) is 3.36. The van der Waals surface area contributed by atoms with Gasteiger partial charge in [0.2, 0.25) is 0 Å². The summed E-state index contributed by atoms with van der Waals surface area (Å²) >= 11 is 0. The third-order valence-electron chi connectivity index (χ3n) is 4.31. The van der Waals surface area contributed by atoms with Crippen LogP contribution in [0.1, 0.15) is 57.3 Å². The number of ketones is 1. The molecule has 0 bridgehead atoms. The topological polar surface area (TPSA) is 34.9 Å². The average molecular weight is 262 g/mol. The number of nitrogens with zero attached hydrogens (tertiary/aromatic N) is 2. The van der Waals surface area contributed by atoms with Gasteiger partial charge in [0.15, 0.2) is 0 Å². The van der Waals surface area contributed by atoms with Crippen molar-refractivity contribution in [1.29, 1.82) is 0 Å². The fourth-order valence-electron chi connectivity index (χ4n) is 3.36. The zero-order chi connectivity index (χ0) is 13.8. The van der Waals surface area contributed by atoms with E-state index in [1.54, 1.807) is 0 Å². The van der Waals surface area contributed by atoms with E-state index in [2.05, 4.69) is 25.0 Å². The second kappa shape index (κ2) is 6.36. The van der Waals surface area contributed by atoms with Gasteiger partial charge >= 0.3 is 0 Å². The van der Waals surface area contributed by atoms with Gasteiger partial charge in [-0.05, 0) is 45.1 Å². The standard InChI is InChI=1S/C16H26N2O/c1-4-6-13-7-8-16(19)14(10-13)11-15-9-12(3)17-18(15)5-2/h9,13-14H,4-8,10-11H2,1-3H3. The largest absolute Gasteiger partial charge is 0.299 e. The van der Waals surface area contributed by atoms with E-state index in [9.17, 15) is 4.79 Å². The minimum Gasteiger partial charge on any atom is -0.299 e. The minimum absolute atomic E-state index is 0.228. The maximum absolute atomic E-state index is 12.1. The Labute approximate surface area is 116 Å². The van der Waals surface area contributed by atoms with Crippen LogP contribution in [0.3, 0.4) is 0 Å². The molecular weight excluding hydrogens is 236 g/mol. The number of carbonyl (C=O) groups is 1. The number of hydrogen-bond donors (Lipinski definition) is 0. The molecule has 1 aromatic rings. The second-order valence-corrected chi connectivity index (χ2v) is 5.89. The summed E-state index contributed by atoms with van der Waals surface area (Å²) in [5, 5.41) is 4.48. The van der Waals surface area contributed by atoms with Crippen LogP contribution in [0.25, 0.3) is 0 Å². The lowest BCUT2D eigenvalue weighted by atomic mass is 9.77. The molecule has 1 aliphatic rings. The molecule has 3 heteroatoms. The van der Waals surface area contributed by atoms with Gasteiger partial charge in [0.1, 0.15) is 5.78 Å². The molecule has 1 saturated carbocycles. The molecule has 1 heterocycles. The molecule has 0 spiro atoms. The van der Waals surface area contributed by atoms with E-state index in [-0.39, 0.29) is 5.92 Å². The van der Waals surface area contributed by atoms with Gasteiger partial charge in [-0.15, -0.1) is 0 Å². The Morgan fingerprint density at radius 2 is 2.21 bits per heavy atom. The van der Waals surface area contributed by atoms with Gasteiger partial charge in [0.05, 0.1) is 5.69 Å². The Bertz CT molecular complexity index is 436. The number of rotatable bonds is 5. The molecule has 0 saturated heterocycles. The Hall–Kier alpha value is -1.12. The van der Waals surface area contributed by atoms with Gasteiger partial charge in [0.25, 0.3) is 0 Å². The van der Waals surface area contributed by atoms with Gasteiger partial charge in [-0.2, -0.15) is 5.10 Å². The van der Waals surface area contributed by atoms with Crippen LogP contribution in [0.15, 0.2) is 6.07 Å². The predicted molar refractivity (Wildman–Crippen MR) is 77.1 cm³/mol. The van der Waals surface area contributed by atoms with Gasteiger partial charge in [-0.1, -0.05) is 19.8 Å². The lowest BCUT2D eigenvalue weighted by Crippen LogP contribution is -2.27. The highest BCUT2D eigenvalue weighted by Crippen LogP contribution is 2.31. The van der Waals surface area contributed by atoms with Gasteiger partial charge in [-0.25, -0.2) is 0 Å². The van der Waals surface area contributed by atoms with Gasteiger partial charge < -0.3 is 0 Å². The summed E-state index contributed by atoms with van der Waals surface area (Å²) < 4.78 is 2.05. The summed E-state index contributed by atoms with van der Waals surface area (Å²) in [6.45, 7) is 7.26. The highest BCUT2D eigenvalue weighted by molar-refractivity contribution is 5.82. The molecule has 0 amide bonds. The van der Waals surface area contributed by atoms with Crippen molar-refractivity contribution < 1.29 is 4.79 Å². The summed E-state index contributed by atoms with van der Waals surface area (Å²) in [7, 11) is 0. The van der Waals surface area contributed by atoms with Crippen molar-refractivity contribution in [1.82, 2.24) is 9.78 Å². The maximum atomic E-state index is 12.1. The van der Waals surface area contributed by atoms with E-state index in [4.69, 9.17) is 0 Å². The number of carbonyl (C=O) groups excluding carboxylic acids is 1. The van der Waals surface area contributed by atoms with E-state index in [1.165, 1.54) is 18.5 Å². The van der Waals surface area contributed by atoms with E-state index in [1.807, 2.05) is 11.6 Å². The molecule has 0 radical (unpaired) electrons. The first-order valence-corrected chi connectivity index (χ1v) is 7.70. The van der Waals surface area contributed by atoms with E-state index in [0.29, 0.717) is 5.78 Å². The Kier molecular flexibility index (Phi) is 4.78. The molecule has 1 aromatic heterocycles. The molecule has 0 aromatic carbocycles. The fraction of sp³-hybridized carbons (Fsp3) is 0.750. The average Bonchev–Trinajstić information content (AvgIpc) is 2.74. The lowest BCUT2D eigenvalue weighted by Gasteiger charge is -2.28. The number of aryl methyl sites for hydroxylation is 2. The molecule has 0 N–H and O–H groups in total. The van der Waals surface area contributed by atoms with Crippen LogP contribution < -0.4 is 0 Å². The first-order valence-electron chi connectivity index (χ1n) is 7.70. The van der Waals surface area contributed by atoms with Crippen molar-refractivity contribution in [2.45, 2.75) is 65.8 Å². The van der Waals surface area contributed by atoms with Crippen LogP contribution in [-0.2, 0) is 17.8 Å². The van der Waals surface area contributed by atoms with Crippen molar-refractivity contribution >= 4 is 5.78 Å². The van der Waals surface area contributed by atoms with Crippen molar-refractivity contribution in [2.24, 2.45) is 11.8 Å². The molecular formula is C16H26N2O. The highest BCUT2D eigenvalue weighted by Gasteiger charge is 2.29. The third kappa shape index (κ3) is 3.46. The molecule has 2 atom stereocenters. The zero-order valence-corrected chi connectivity index (χ0v) is 12.5. The zero-order valence-electron chi connectivity index (χ0n) is 12.5. The number of aromatic nitrogens is 2. The van der Waals surface area contributed by atoms with Crippen LogP contribution in [-0.4, -0.2) is 15.6 Å². The summed E-state index contributed by atoms with van der Waals surface area (Å²) in [5.74, 6) is 1.45. The summed E-state index contributed by atoms with van der Waals surface area (Å²) in [6.07, 6.45) is 6.37. The Balaban J connectivity index is 2.05. The summed E-state index contributed by atoms with van der Waals surface area (Å²) in [6, 6.07) is 2.14. The highest BCUT2D eigenvalue weighted by atomic mass is 16.1. The van der Waals surface area contributed by atoms with Crippen molar-refractivity contribution in [3.8, 4) is 0 Å². The van der Waals surface area contributed by atoms with Crippen LogP contribution >= 0.6 is 0 Å². The SMILES string of the molecule is CCCC1CCC(=O)C(Cc2cc(C)nn2CC)C1. The van der Waals surface area contributed by atoms with Crippen LogP contribution in [0, 0.1) is 18.8 Å². The molecule has 2 unspecified atom stereocenters. The van der Waals surface area contributed by atoms with Gasteiger partial charge in [0, 0.05) is 24.6 Å². The van der Waals surface area contributed by atoms with Crippen molar-refractivity contribution in [3.05, 3.63) is 17.5 Å². The van der Waals surface area contributed by atoms with E-state index in [0.717, 1.165) is 43.8 Å². The molecule has 1 aliphatic carbocycles. The normalized spacial score (nSPS) is 23.8. The molecule has 3 nitrogen and oxygen atoms in total. The van der Waals surface area contributed by atoms with E-state index < -0.39 is 0 Å². The lowest BCUT2D eigenvalue weighted by molar-refractivity contribution is -0.125. The first-order chi connectivity index (χ1) is 9.13. The molecule has 106 valence electrons. The summed E-state index contributed by atoms with van der Waals surface area (Å²) in [5.41, 5.74) is 2.29. The van der Waals surface area contributed by atoms with Crippen LogP contribution in [0.5, 0.6) is 0 Å². The molecule has 2 rings (SSSR count). The van der Waals surface area contributed by atoms with Gasteiger partial charge in [-0.3, -0.25) is 9.48 Å². The second-order valence-electron chi connectivity index (χ2n) is 5.89. The first kappa shape index (κ1) is 14.3. The third-order valence-corrected chi connectivity index (χ3v) is 4.31. The maximum Gasteiger partial charge on any atom is 0.136 e. The minimum atomic E-state index is 0.228. The monoisotopic (exact) mass is 262 g/mol.